The molecule has 2 atom stereocenters. The number of ether oxygens (including phenoxy) is 1. The summed E-state index contributed by atoms with van der Waals surface area (Å²) in [6.07, 6.45) is 6.14. The van der Waals surface area contributed by atoms with Crippen LogP contribution in [0.15, 0.2) is 42.5 Å². The summed E-state index contributed by atoms with van der Waals surface area (Å²) in [5.74, 6) is -0.485. The molecular weight excluding hydrogens is 542 g/mol. The number of aromatic hydroxyl groups is 1. The fourth-order valence-electron chi connectivity index (χ4n) is 4.86. The van der Waals surface area contributed by atoms with Gasteiger partial charge in [-0.1, -0.05) is 76.3 Å². The zero-order valence-electron chi connectivity index (χ0n) is 27.3. The third-order valence-electron chi connectivity index (χ3n) is 7.39. The standard InChI is InChI=1S/C35H53N3O5/c1-8-10-12-13-14-22-38(31(32(40)36-21-11-9-2)28-18-15-25(3)26(4)23-28)33(41)30(37-34(42)43-35(5,6)7)24-27-16-19-29(39)20-17-27/h15-20,23,30-31,39H,8-14,21-22,24H2,1-7H3,(H,36,40)(H,37,42). The summed E-state index contributed by atoms with van der Waals surface area (Å²) in [6.45, 7) is 14.4. The van der Waals surface area contributed by atoms with E-state index in [0.29, 0.717) is 13.1 Å². The second-order valence-electron chi connectivity index (χ2n) is 12.4. The lowest BCUT2D eigenvalue weighted by Crippen LogP contribution is -2.54. The summed E-state index contributed by atoms with van der Waals surface area (Å²) in [5, 5.41) is 15.7. The van der Waals surface area contributed by atoms with Gasteiger partial charge in [-0.15, -0.1) is 0 Å². The number of benzene rings is 2. The van der Waals surface area contributed by atoms with Gasteiger partial charge in [0, 0.05) is 19.5 Å². The van der Waals surface area contributed by atoms with Crippen molar-refractivity contribution < 1.29 is 24.2 Å². The van der Waals surface area contributed by atoms with Gasteiger partial charge in [-0.05, 0) is 81.8 Å². The molecule has 0 aromatic heterocycles. The first-order valence-electron chi connectivity index (χ1n) is 15.8. The summed E-state index contributed by atoms with van der Waals surface area (Å²) < 4.78 is 5.53. The van der Waals surface area contributed by atoms with Gasteiger partial charge in [-0.2, -0.15) is 0 Å². The Labute approximate surface area is 258 Å². The van der Waals surface area contributed by atoms with Crippen molar-refractivity contribution in [2.75, 3.05) is 13.1 Å². The Kier molecular flexibility index (Phi) is 14.5. The Balaban J connectivity index is 2.56. The summed E-state index contributed by atoms with van der Waals surface area (Å²) >= 11 is 0. The van der Waals surface area contributed by atoms with Crippen LogP contribution in [0, 0.1) is 13.8 Å². The lowest BCUT2D eigenvalue weighted by molar-refractivity contribution is -0.142. The lowest BCUT2D eigenvalue weighted by Gasteiger charge is -2.35. The van der Waals surface area contributed by atoms with E-state index in [0.717, 1.165) is 67.2 Å². The Bertz CT molecular complexity index is 1170. The molecule has 0 heterocycles. The first-order chi connectivity index (χ1) is 20.4. The number of unbranched alkanes of at least 4 members (excludes halogenated alkanes) is 5. The van der Waals surface area contributed by atoms with Gasteiger partial charge in [0.2, 0.25) is 11.8 Å². The molecule has 2 unspecified atom stereocenters. The van der Waals surface area contributed by atoms with Crippen molar-refractivity contribution in [1.29, 1.82) is 0 Å². The third kappa shape index (κ3) is 12.3. The van der Waals surface area contributed by atoms with Crippen LogP contribution in [0.3, 0.4) is 0 Å². The van der Waals surface area contributed by atoms with Crippen LogP contribution in [0.2, 0.25) is 0 Å². The highest BCUT2D eigenvalue weighted by molar-refractivity contribution is 5.92. The number of rotatable bonds is 16. The molecule has 0 saturated carbocycles. The van der Waals surface area contributed by atoms with E-state index in [1.54, 1.807) is 49.9 Å². The molecule has 8 nitrogen and oxygen atoms in total. The van der Waals surface area contributed by atoms with Crippen LogP contribution in [-0.2, 0) is 20.7 Å². The molecule has 238 valence electrons. The molecule has 3 N–H and O–H groups in total. The number of aryl methyl sites for hydroxylation is 2. The lowest BCUT2D eigenvalue weighted by atomic mass is 9.97. The topological polar surface area (TPSA) is 108 Å². The maximum atomic E-state index is 14.6. The number of carbonyl (C=O) groups is 3. The van der Waals surface area contributed by atoms with Crippen molar-refractivity contribution in [2.45, 2.75) is 118 Å². The number of amides is 3. The van der Waals surface area contributed by atoms with Crippen molar-refractivity contribution in [3.63, 3.8) is 0 Å². The Hall–Kier alpha value is -3.55. The summed E-state index contributed by atoms with van der Waals surface area (Å²) in [5.41, 5.74) is 2.87. The predicted octanol–water partition coefficient (Wildman–Crippen LogP) is 6.90. The van der Waals surface area contributed by atoms with E-state index in [1.807, 2.05) is 32.0 Å². The van der Waals surface area contributed by atoms with E-state index in [1.165, 1.54) is 0 Å². The SMILES string of the molecule is CCCCCCCN(C(=O)C(Cc1ccc(O)cc1)NC(=O)OC(C)(C)C)C(C(=O)NCCCC)c1ccc(C)c(C)c1. The van der Waals surface area contributed by atoms with Crippen molar-refractivity contribution in [3.8, 4) is 5.75 Å². The van der Waals surface area contributed by atoms with Crippen molar-refractivity contribution in [1.82, 2.24) is 15.5 Å². The smallest absolute Gasteiger partial charge is 0.408 e. The molecule has 0 spiro atoms. The summed E-state index contributed by atoms with van der Waals surface area (Å²) in [4.78, 5) is 43.1. The maximum absolute atomic E-state index is 14.6. The molecule has 3 amide bonds. The minimum absolute atomic E-state index is 0.110. The van der Waals surface area contributed by atoms with Crippen molar-refractivity contribution >= 4 is 17.9 Å². The van der Waals surface area contributed by atoms with Crippen molar-refractivity contribution in [2.24, 2.45) is 0 Å². The molecule has 2 aromatic rings. The number of nitrogens with one attached hydrogen (secondary N) is 2. The van der Waals surface area contributed by atoms with Crippen molar-refractivity contribution in [3.05, 3.63) is 64.7 Å². The number of hydrogen-bond donors (Lipinski definition) is 3. The summed E-state index contributed by atoms with van der Waals surface area (Å²) in [7, 11) is 0. The Morgan fingerprint density at radius 2 is 1.53 bits per heavy atom. The first kappa shape index (κ1) is 35.6. The van der Waals surface area contributed by atoms with Gasteiger partial charge >= 0.3 is 6.09 Å². The largest absolute Gasteiger partial charge is 0.508 e. The van der Waals surface area contributed by atoms with Crippen LogP contribution in [0.1, 0.15) is 108 Å². The number of hydrogen-bond acceptors (Lipinski definition) is 5. The molecule has 43 heavy (non-hydrogen) atoms. The molecule has 0 aliphatic rings. The minimum Gasteiger partial charge on any atom is -0.508 e. The minimum atomic E-state index is -0.993. The van der Waals surface area contributed by atoms with E-state index in [4.69, 9.17) is 4.74 Å². The molecule has 0 fully saturated rings. The molecule has 0 radical (unpaired) electrons. The average Bonchev–Trinajstić information content (AvgIpc) is 2.93. The quantitative estimate of drug-likeness (QED) is 0.183. The zero-order valence-corrected chi connectivity index (χ0v) is 27.3. The van der Waals surface area contributed by atoms with Crippen LogP contribution >= 0.6 is 0 Å². The van der Waals surface area contributed by atoms with E-state index >= 15 is 0 Å². The zero-order chi connectivity index (χ0) is 32.0. The molecular formula is C35H53N3O5. The van der Waals surface area contributed by atoms with E-state index in [9.17, 15) is 19.5 Å². The van der Waals surface area contributed by atoms with E-state index in [-0.39, 0.29) is 24.0 Å². The van der Waals surface area contributed by atoms with Gasteiger partial charge in [0.1, 0.15) is 23.4 Å². The normalized spacial score (nSPS) is 12.7. The highest BCUT2D eigenvalue weighted by Gasteiger charge is 2.36. The highest BCUT2D eigenvalue weighted by Crippen LogP contribution is 2.26. The van der Waals surface area contributed by atoms with Crippen LogP contribution in [0.4, 0.5) is 4.79 Å². The average molecular weight is 596 g/mol. The van der Waals surface area contributed by atoms with Crippen LogP contribution in [-0.4, -0.2) is 52.6 Å². The fraction of sp³-hybridized carbons (Fsp3) is 0.571. The van der Waals surface area contributed by atoms with Crippen LogP contribution in [0.5, 0.6) is 5.75 Å². The molecule has 2 rings (SSSR count). The summed E-state index contributed by atoms with van der Waals surface area (Å²) in [6, 6.07) is 10.6. The third-order valence-corrected chi connectivity index (χ3v) is 7.39. The van der Waals surface area contributed by atoms with E-state index in [2.05, 4.69) is 24.5 Å². The number of carbonyl (C=O) groups excluding carboxylic acids is 3. The molecule has 0 aliphatic carbocycles. The number of phenolic OH excluding ortho intramolecular Hbond substituents is 1. The Morgan fingerprint density at radius 3 is 2.14 bits per heavy atom. The molecule has 2 aromatic carbocycles. The molecule has 0 aliphatic heterocycles. The highest BCUT2D eigenvalue weighted by atomic mass is 16.6. The van der Waals surface area contributed by atoms with Gasteiger partial charge in [0.25, 0.3) is 0 Å². The second kappa shape index (κ2) is 17.5. The fourth-order valence-corrected chi connectivity index (χ4v) is 4.86. The van der Waals surface area contributed by atoms with Gasteiger partial charge in [-0.3, -0.25) is 9.59 Å². The predicted molar refractivity (Wildman–Crippen MR) is 172 cm³/mol. The second-order valence-corrected chi connectivity index (χ2v) is 12.4. The maximum Gasteiger partial charge on any atom is 0.408 e. The monoisotopic (exact) mass is 595 g/mol. The first-order valence-corrected chi connectivity index (χ1v) is 15.8. The Morgan fingerprint density at radius 1 is 0.884 bits per heavy atom. The molecule has 8 heteroatoms. The van der Waals surface area contributed by atoms with Gasteiger partial charge in [0.15, 0.2) is 0 Å². The number of nitrogens with zero attached hydrogens (tertiary/aromatic N) is 1. The van der Waals surface area contributed by atoms with Crippen LogP contribution in [0.25, 0.3) is 0 Å². The van der Waals surface area contributed by atoms with E-state index < -0.39 is 23.8 Å². The number of alkyl carbamates (subject to hydrolysis) is 1. The molecule has 0 saturated heterocycles. The van der Waals surface area contributed by atoms with Gasteiger partial charge in [0.05, 0.1) is 0 Å². The van der Waals surface area contributed by atoms with Gasteiger partial charge in [-0.25, -0.2) is 4.79 Å². The van der Waals surface area contributed by atoms with Crippen LogP contribution < -0.4 is 10.6 Å². The molecule has 0 bridgehead atoms. The van der Waals surface area contributed by atoms with Gasteiger partial charge < -0.3 is 25.4 Å². The number of phenols is 1.